The van der Waals surface area contributed by atoms with E-state index in [1.165, 1.54) is 18.2 Å². The van der Waals surface area contributed by atoms with Crippen molar-refractivity contribution in [3.8, 4) is 11.1 Å². The quantitative estimate of drug-likeness (QED) is 0.420. The predicted molar refractivity (Wildman–Crippen MR) is 101 cm³/mol. The van der Waals surface area contributed by atoms with Crippen molar-refractivity contribution in [3.63, 3.8) is 0 Å². The van der Waals surface area contributed by atoms with Crippen LogP contribution >= 0.6 is 22.4 Å². The lowest BCUT2D eigenvalue weighted by atomic mass is 9.91. The highest BCUT2D eigenvalue weighted by Crippen LogP contribution is 2.37. The number of rotatable bonds is 4. The number of nitro benzene ring substituents is 1. The smallest absolute Gasteiger partial charge is 0.258 e. The summed E-state index contributed by atoms with van der Waals surface area (Å²) in [4.78, 5) is 10.5. The first kappa shape index (κ1) is 18.2. The Labute approximate surface area is 155 Å². The van der Waals surface area contributed by atoms with Gasteiger partial charge in [-0.25, -0.2) is 8.42 Å². The number of benzene rings is 2. The minimum Gasteiger partial charge on any atom is -0.258 e. The van der Waals surface area contributed by atoms with Crippen LogP contribution in [0.1, 0.15) is 24.3 Å². The van der Waals surface area contributed by atoms with Crippen LogP contribution < -0.4 is 0 Å². The zero-order chi connectivity index (χ0) is 18.0. The van der Waals surface area contributed by atoms with E-state index in [1.807, 2.05) is 17.8 Å². The van der Waals surface area contributed by atoms with Crippen molar-refractivity contribution in [3.05, 3.63) is 58.1 Å². The lowest BCUT2D eigenvalue weighted by molar-refractivity contribution is -0.384. The number of hydrogen-bond acceptors (Lipinski definition) is 5. The van der Waals surface area contributed by atoms with Gasteiger partial charge in [-0.2, -0.15) is 11.8 Å². The maximum Gasteiger partial charge on any atom is 0.270 e. The summed E-state index contributed by atoms with van der Waals surface area (Å²) < 4.78 is 23.9. The van der Waals surface area contributed by atoms with Crippen molar-refractivity contribution in [2.75, 3.05) is 11.5 Å². The lowest BCUT2D eigenvalue weighted by Crippen LogP contribution is -2.08. The molecule has 0 N–H and O–H groups in total. The fraction of sp³-hybridized carbons (Fsp3) is 0.294. The third-order valence-electron chi connectivity index (χ3n) is 4.33. The summed E-state index contributed by atoms with van der Waals surface area (Å²) in [6.45, 7) is 0. The summed E-state index contributed by atoms with van der Waals surface area (Å²) in [5.74, 6) is 2.52. The molecule has 0 atom stereocenters. The van der Waals surface area contributed by atoms with Gasteiger partial charge in [-0.1, -0.05) is 18.2 Å². The van der Waals surface area contributed by atoms with Crippen LogP contribution in [0.15, 0.2) is 47.4 Å². The molecule has 0 radical (unpaired) electrons. The molecule has 1 saturated heterocycles. The molecule has 0 spiro atoms. The van der Waals surface area contributed by atoms with Gasteiger partial charge in [0.1, 0.15) is 0 Å². The Morgan fingerprint density at radius 1 is 1.12 bits per heavy atom. The van der Waals surface area contributed by atoms with Crippen LogP contribution in [0.25, 0.3) is 11.1 Å². The van der Waals surface area contributed by atoms with Crippen LogP contribution in [0.4, 0.5) is 5.69 Å². The van der Waals surface area contributed by atoms with Crippen molar-refractivity contribution in [2.24, 2.45) is 0 Å². The standard InChI is InChI=1S/C17H16ClNO4S2/c18-25(22,23)17-5-4-13(12-6-8-24-9-7-12)11-16(17)14-2-1-3-15(10-14)19(20)21/h1-5,10-12H,6-9H2. The highest BCUT2D eigenvalue weighted by atomic mass is 35.7. The molecule has 0 aliphatic carbocycles. The van der Waals surface area contributed by atoms with Crippen LogP contribution in [0.3, 0.4) is 0 Å². The number of hydrogen-bond donors (Lipinski definition) is 0. The molecule has 1 fully saturated rings. The molecular formula is C17H16ClNO4S2. The van der Waals surface area contributed by atoms with Gasteiger partial charge in [0.25, 0.3) is 14.7 Å². The van der Waals surface area contributed by atoms with Crippen molar-refractivity contribution in [2.45, 2.75) is 23.7 Å². The van der Waals surface area contributed by atoms with Crippen molar-refractivity contribution < 1.29 is 13.3 Å². The van der Waals surface area contributed by atoms with Gasteiger partial charge in [-0.15, -0.1) is 0 Å². The summed E-state index contributed by atoms with van der Waals surface area (Å²) in [5.41, 5.74) is 1.84. The van der Waals surface area contributed by atoms with Crippen LogP contribution in [0.5, 0.6) is 0 Å². The van der Waals surface area contributed by atoms with Crippen LogP contribution in [-0.2, 0) is 9.05 Å². The Morgan fingerprint density at radius 2 is 1.84 bits per heavy atom. The van der Waals surface area contributed by atoms with E-state index < -0.39 is 14.0 Å². The number of halogens is 1. The van der Waals surface area contributed by atoms with Crippen LogP contribution in [0, 0.1) is 10.1 Å². The Hall–Kier alpha value is -1.57. The Balaban J connectivity index is 2.14. The molecule has 0 amide bonds. The van der Waals surface area contributed by atoms with Crippen molar-refractivity contribution >= 4 is 37.2 Å². The van der Waals surface area contributed by atoms with Gasteiger partial charge in [-0.05, 0) is 53.5 Å². The van der Waals surface area contributed by atoms with Gasteiger partial charge in [0.15, 0.2) is 0 Å². The van der Waals surface area contributed by atoms with Crippen LogP contribution in [-0.4, -0.2) is 24.8 Å². The molecule has 8 heteroatoms. The van der Waals surface area contributed by atoms with E-state index in [1.54, 1.807) is 18.2 Å². The molecule has 2 aromatic rings. The van der Waals surface area contributed by atoms with Gasteiger partial charge in [0.2, 0.25) is 0 Å². The second kappa shape index (κ2) is 7.35. The maximum absolute atomic E-state index is 12.0. The average molecular weight is 398 g/mol. The van der Waals surface area contributed by atoms with Gasteiger partial charge >= 0.3 is 0 Å². The third kappa shape index (κ3) is 4.16. The maximum atomic E-state index is 12.0. The number of nitro groups is 1. The Kier molecular flexibility index (Phi) is 5.36. The minimum atomic E-state index is -3.96. The summed E-state index contributed by atoms with van der Waals surface area (Å²) in [5, 5.41) is 11.0. The molecular weight excluding hydrogens is 382 g/mol. The molecule has 2 aromatic carbocycles. The molecule has 1 heterocycles. The van der Waals surface area contributed by atoms with Crippen molar-refractivity contribution in [1.29, 1.82) is 0 Å². The van der Waals surface area contributed by atoms with E-state index >= 15 is 0 Å². The summed E-state index contributed by atoms with van der Waals surface area (Å²) in [6, 6.07) is 11.1. The molecule has 1 aliphatic rings. The van der Waals surface area contributed by atoms with E-state index in [4.69, 9.17) is 10.7 Å². The van der Waals surface area contributed by atoms with E-state index in [2.05, 4.69) is 0 Å². The molecule has 0 unspecified atom stereocenters. The van der Waals surface area contributed by atoms with E-state index in [0.717, 1.165) is 29.9 Å². The largest absolute Gasteiger partial charge is 0.270 e. The molecule has 5 nitrogen and oxygen atoms in total. The van der Waals surface area contributed by atoms with Gasteiger partial charge in [0.05, 0.1) is 9.82 Å². The lowest BCUT2D eigenvalue weighted by Gasteiger charge is -2.22. The Morgan fingerprint density at radius 3 is 2.48 bits per heavy atom. The van der Waals surface area contributed by atoms with Crippen molar-refractivity contribution in [1.82, 2.24) is 0 Å². The number of thioether (sulfide) groups is 1. The molecule has 0 bridgehead atoms. The highest BCUT2D eigenvalue weighted by Gasteiger charge is 2.22. The molecule has 132 valence electrons. The van der Waals surface area contributed by atoms with Crippen LogP contribution in [0.2, 0.25) is 0 Å². The molecule has 1 aliphatic heterocycles. The monoisotopic (exact) mass is 397 g/mol. The summed E-state index contributed by atoms with van der Waals surface area (Å²) in [7, 11) is 1.63. The van der Waals surface area contributed by atoms with Gasteiger partial charge in [0, 0.05) is 28.4 Å². The number of nitrogens with zero attached hydrogens (tertiary/aromatic N) is 1. The first-order valence-corrected chi connectivity index (χ1v) is 11.2. The molecule has 0 saturated carbocycles. The Bertz CT molecular complexity index is 909. The molecule has 3 rings (SSSR count). The van der Waals surface area contributed by atoms with Gasteiger partial charge < -0.3 is 0 Å². The van der Waals surface area contributed by atoms with E-state index in [9.17, 15) is 18.5 Å². The predicted octanol–water partition coefficient (Wildman–Crippen LogP) is 4.80. The fourth-order valence-corrected chi connectivity index (χ4v) is 5.24. The minimum absolute atomic E-state index is 0.0244. The van der Waals surface area contributed by atoms with E-state index in [0.29, 0.717) is 17.0 Å². The highest BCUT2D eigenvalue weighted by molar-refractivity contribution is 8.13. The normalized spacial score (nSPS) is 15.9. The fourth-order valence-electron chi connectivity index (χ4n) is 3.06. The van der Waals surface area contributed by atoms with Gasteiger partial charge in [-0.3, -0.25) is 10.1 Å². The zero-order valence-electron chi connectivity index (χ0n) is 13.2. The SMILES string of the molecule is O=[N+]([O-])c1cccc(-c2cc(C3CCSCC3)ccc2S(=O)(=O)Cl)c1. The first-order chi connectivity index (χ1) is 11.9. The molecule has 25 heavy (non-hydrogen) atoms. The first-order valence-electron chi connectivity index (χ1n) is 7.77. The van der Waals surface area contributed by atoms with E-state index in [-0.39, 0.29) is 10.6 Å². The zero-order valence-corrected chi connectivity index (χ0v) is 15.6. The molecule has 0 aromatic heterocycles. The topological polar surface area (TPSA) is 77.3 Å². The second-order valence-corrected chi connectivity index (χ2v) is 9.65. The second-order valence-electron chi connectivity index (χ2n) is 5.89. The third-order valence-corrected chi connectivity index (χ3v) is 6.76. The average Bonchev–Trinajstić information content (AvgIpc) is 2.61. The number of non-ortho nitro benzene ring substituents is 1. The summed E-state index contributed by atoms with van der Waals surface area (Å²) in [6.07, 6.45) is 2.07. The summed E-state index contributed by atoms with van der Waals surface area (Å²) >= 11 is 1.91.